The standard InChI is InChI=1S/C17H13N7O3/c25-17(15-13-9-12(24(26)27)4-5-14(13)21-22-15)19-10-11-3-1-6-18-16(11)23-8-2-7-20-23/h1-9H,10H2,(H,19,25)(H,21,22). The number of carbonyl (C=O) groups excluding carboxylic acids is 1. The van der Waals surface area contributed by atoms with Crippen molar-refractivity contribution < 1.29 is 9.72 Å². The third-order valence-corrected chi connectivity index (χ3v) is 4.00. The maximum atomic E-state index is 12.6. The molecule has 2 N–H and O–H groups in total. The van der Waals surface area contributed by atoms with Crippen molar-refractivity contribution in [3.05, 3.63) is 76.4 Å². The Balaban J connectivity index is 1.58. The van der Waals surface area contributed by atoms with Crippen LogP contribution >= 0.6 is 0 Å². The number of hydrogen-bond acceptors (Lipinski definition) is 6. The quantitative estimate of drug-likeness (QED) is 0.412. The lowest BCUT2D eigenvalue weighted by molar-refractivity contribution is -0.384. The van der Waals surface area contributed by atoms with Crippen LogP contribution in [0.5, 0.6) is 0 Å². The minimum atomic E-state index is -0.514. The number of pyridine rings is 1. The minimum absolute atomic E-state index is 0.0956. The first-order valence-corrected chi connectivity index (χ1v) is 7.98. The summed E-state index contributed by atoms with van der Waals surface area (Å²) in [6, 6.07) is 9.58. The molecule has 4 rings (SSSR count). The van der Waals surface area contributed by atoms with E-state index in [0.717, 1.165) is 5.56 Å². The van der Waals surface area contributed by atoms with Gasteiger partial charge in [-0.05, 0) is 18.2 Å². The highest BCUT2D eigenvalue weighted by Gasteiger charge is 2.17. The number of non-ortho nitro benzene ring substituents is 1. The summed E-state index contributed by atoms with van der Waals surface area (Å²) in [5.74, 6) is 0.155. The Hall–Kier alpha value is -4.08. The van der Waals surface area contributed by atoms with Crippen LogP contribution in [0.25, 0.3) is 16.7 Å². The molecule has 4 aromatic rings. The average molecular weight is 363 g/mol. The lowest BCUT2D eigenvalue weighted by Crippen LogP contribution is -2.24. The normalized spacial score (nSPS) is 10.8. The van der Waals surface area contributed by atoms with Gasteiger partial charge in [-0.25, -0.2) is 9.67 Å². The molecule has 10 nitrogen and oxygen atoms in total. The third-order valence-electron chi connectivity index (χ3n) is 4.00. The molecular formula is C17H13N7O3. The molecule has 1 amide bonds. The van der Waals surface area contributed by atoms with Gasteiger partial charge in [0.05, 0.1) is 10.4 Å². The van der Waals surface area contributed by atoms with Crippen molar-refractivity contribution in [3.63, 3.8) is 0 Å². The van der Waals surface area contributed by atoms with E-state index in [9.17, 15) is 14.9 Å². The molecule has 0 aliphatic heterocycles. The van der Waals surface area contributed by atoms with E-state index in [1.807, 2.05) is 6.07 Å². The number of aromatic nitrogens is 5. The SMILES string of the molecule is O=C(NCc1cccnc1-n1cccn1)c1n[nH]c2ccc([N+](=O)[O-])cc12. The van der Waals surface area contributed by atoms with Gasteiger partial charge in [0.1, 0.15) is 0 Å². The fourth-order valence-corrected chi connectivity index (χ4v) is 2.72. The van der Waals surface area contributed by atoms with Gasteiger partial charge < -0.3 is 5.32 Å². The van der Waals surface area contributed by atoms with Crippen LogP contribution in [0.1, 0.15) is 16.1 Å². The second kappa shape index (κ2) is 6.67. The van der Waals surface area contributed by atoms with Crippen LogP contribution in [0, 0.1) is 10.1 Å². The number of nitrogens with zero attached hydrogens (tertiary/aromatic N) is 5. The van der Waals surface area contributed by atoms with Gasteiger partial charge >= 0.3 is 0 Å². The number of carbonyl (C=O) groups is 1. The molecule has 3 heterocycles. The Morgan fingerprint density at radius 1 is 1.26 bits per heavy atom. The van der Waals surface area contributed by atoms with Gasteiger partial charge in [0.15, 0.2) is 11.5 Å². The number of hydrogen-bond donors (Lipinski definition) is 2. The Kier molecular flexibility index (Phi) is 4.05. The number of fused-ring (bicyclic) bond motifs is 1. The van der Waals surface area contributed by atoms with Crippen molar-refractivity contribution in [1.29, 1.82) is 0 Å². The van der Waals surface area contributed by atoms with Crippen LogP contribution in [0.4, 0.5) is 5.69 Å². The van der Waals surface area contributed by atoms with Gasteiger partial charge in [-0.3, -0.25) is 20.0 Å². The van der Waals surface area contributed by atoms with Crippen LogP contribution in [0.15, 0.2) is 55.0 Å². The molecule has 0 saturated heterocycles. The predicted molar refractivity (Wildman–Crippen MR) is 95.3 cm³/mol. The third kappa shape index (κ3) is 3.11. The minimum Gasteiger partial charge on any atom is -0.346 e. The van der Waals surface area contributed by atoms with Crippen LogP contribution in [-0.4, -0.2) is 35.8 Å². The van der Waals surface area contributed by atoms with E-state index >= 15 is 0 Å². The first-order chi connectivity index (χ1) is 13.1. The van der Waals surface area contributed by atoms with Gasteiger partial charge in [0, 0.05) is 48.2 Å². The number of aromatic amines is 1. The van der Waals surface area contributed by atoms with Crippen molar-refractivity contribution in [1.82, 2.24) is 30.3 Å². The fraction of sp³-hybridized carbons (Fsp3) is 0.0588. The molecule has 0 fully saturated rings. The Labute approximate surface area is 152 Å². The molecule has 27 heavy (non-hydrogen) atoms. The number of amides is 1. The van der Waals surface area contributed by atoms with Crippen molar-refractivity contribution in [2.45, 2.75) is 6.54 Å². The number of benzene rings is 1. The van der Waals surface area contributed by atoms with Gasteiger partial charge in [-0.15, -0.1) is 0 Å². The van der Waals surface area contributed by atoms with E-state index in [4.69, 9.17) is 0 Å². The highest BCUT2D eigenvalue weighted by atomic mass is 16.6. The topological polar surface area (TPSA) is 132 Å². The predicted octanol–water partition coefficient (Wildman–Crippen LogP) is 1.98. The fourth-order valence-electron chi connectivity index (χ4n) is 2.72. The molecule has 3 aromatic heterocycles. The molecule has 134 valence electrons. The van der Waals surface area contributed by atoms with E-state index < -0.39 is 10.8 Å². The molecule has 1 aromatic carbocycles. The maximum Gasteiger partial charge on any atom is 0.272 e. The van der Waals surface area contributed by atoms with Crippen molar-refractivity contribution in [2.24, 2.45) is 0 Å². The summed E-state index contributed by atoms with van der Waals surface area (Å²) in [6.07, 6.45) is 5.04. The summed E-state index contributed by atoms with van der Waals surface area (Å²) in [7, 11) is 0. The van der Waals surface area contributed by atoms with Gasteiger partial charge in [0.25, 0.3) is 11.6 Å². The molecule has 0 aliphatic rings. The molecule has 0 saturated carbocycles. The number of H-pyrrole nitrogens is 1. The molecule has 10 heteroatoms. The van der Waals surface area contributed by atoms with E-state index in [2.05, 4.69) is 25.6 Å². The summed E-state index contributed by atoms with van der Waals surface area (Å²) in [5.41, 5.74) is 1.30. The molecule has 0 bridgehead atoms. The zero-order chi connectivity index (χ0) is 18.8. The Bertz CT molecular complexity index is 1130. The first-order valence-electron chi connectivity index (χ1n) is 7.98. The van der Waals surface area contributed by atoms with Crippen LogP contribution in [-0.2, 0) is 6.54 Å². The van der Waals surface area contributed by atoms with Crippen LogP contribution < -0.4 is 5.32 Å². The summed E-state index contributed by atoms with van der Waals surface area (Å²) in [6.45, 7) is 0.200. The summed E-state index contributed by atoms with van der Waals surface area (Å²) < 4.78 is 1.61. The average Bonchev–Trinajstić information content (AvgIpc) is 3.35. The first kappa shape index (κ1) is 16.4. The van der Waals surface area contributed by atoms with Crippen molar-refractivity contribution >= 4 is 22.5 Å². The van der Waals surface area contributed by atoms with Crippen molar-refractivity contribution in [3.8, 4) is 5.82 Å². The van der Waals surface area contributed by atoms with Gasteiger partial charge in [0.2, 0.25) is 0 Å². The second-order valence-corrected chi connectivity index (χ2v) is 5.68. The molecule has 0 spiro atoms. The number of nitro benzene ring substituents is 1. The number of nitro groups is 1. The zero-order valence-corrected chi connectivity index (χ0v) is 13.9. The Morgan fingerprint density at radius 2 is 2.15 bits per heavy atom. The lowest BCUT2D eigenvalue weighted by atomic mass is 10.1. The molecule has 0 radical (unpaired) electrons. The molecule has 0 atom stereocenters. The van der Waals surface area contributed by atoms with Crippen molar-refractivity contribution in [2.75, 3.05) is 0 Å². The molecule has 0 unspecified atom stereocenters. The molecular weight excluding hydrogens is 350 g/mol. The zero-order valence-electron chi connectivity index (χ0n) is 13.9. The number of nitrogens with one attached hydrogen (secondary N) is 2. The lowest BCUT2D eigenvalue weighted by Gasteiger charge is -2.09. The maximum absolute atomic E-state index is 12.6. The van der Waals surface area contributed by atoms with E-state index in [0.29, 0.717) is 16.7 Å². The smallest absolute Gasteiger partial charge is 0.272 e. The highest BCUT2D eigenvalue weighted by Crippen LogP contribution is 2.22. The monoisotopic (exact) mass is 363 g/mol. The van der Waals surface area contributed by atoms with E-state index in [1.165, 1.54) is 18.2 Å². The highest BCUT2D eigenvalue weighted by molar-refractivity contribution is 6.05. The second-order valence-electron chi connectivity index (χ2n) is 5.68. The summed E-state index contributed by atoms with van der Waals surface area (Å²) >= 11 is 0. The van der Waals surface area contributed by atoms with Gasteiger partial charge in [-0.2, -0.15) is 10.2 Å². The number of rotatable bonds is 5. The van der Waals surface area contributed by atoms with Crippen LogP contribution in [0.3, 0.4) is 0 Å². The van der Waals surface area contributed by atoms with Crippen LogP contribution in [0.2, 0.25) is 0 Å². The largest absolute Gasteiger partial charge is 0.346 e. The van der Waals surface area contributed by atoms with Gasteiger partial charge in [-0.1, -0.05) is 6.07 Å². The Morgan fingerprint density at radius 3 is 2.93 bits per heavy atom. The summed E-state index contributed by atoms with van der Waals surface area (Å²) in [5, 5.41) is 25.0. The molecule has 0 aliphatic carbocycles. The summed E-state index contributed by atoms with van der Waals surface area (Å²) in [4.78, 5) is 27.3. The van der Waals surface area contributed by atoms with E-state index in [1.54, 1.807) is 35.4 Å². The van der Waals surface area contributed by atoms with E-state index in [-0.39, 0.29) is 17.9 Å².